The molecular formula is C17H25N7O8. The number of nitrogens with zero attached hydrogens (tertiary/aromatic N) is 1. The summed E-state index contributed by atoms with van der Waals surface area (Å²) in [6.45, 7) is -0.651. The number of aromatic amines is 1. The predicted molar refractivity (Wildman–Crippen MR) is 105 cm³/mol. The van der Waals surface area contributed by atoms with E-state index >= 15 is 0 Å². The number of carboxylic acid groups (broad SMARTS) is 2. The van der Waals surface area contributed by atoms with Gasteiger partial charge in [0.15, 0.2) is 0 Å². The highest BCUT2D eigenvalue weighted by Gasteiger charge is 2.27. The fraction of sp³-hybridized carbons (Fsp3) is 0.471. The van der Waals surface area contributed by atoms with Crippen molar-refractivity contribution in [2.75, 3.05) is 6.54 Å². The van der Waals surface area contributed by atoms with Crippen molar-refractivity contribution in [2.24, 2.45) is 11.5 Å². The molecule has 0 aliphatic heterocycles. The zero-order valence-electron chi connectivity index (χ0n) is 16.9. The first kappa shape index (κ1) is 26.0. The monoisotopic (exact) mass is 455 g/mol. The average Bonchev–Trinajstić information content (AvgIpc) is 3.21. The second-order valence-corrected chi connectivity index (χ2v) is 6.73. The maximum absolute atomic E-state index is 12.3. The highest BCUT2D eigenvalue weighted by atomic mass is 16.4. The Balaban J connectivity index is 2.63. The Labute approximate surface area is 181 Å². The molecule has 15 nitrogen and oxygen atoms in total. The molecule has 15 heteroatoms. The fourth-order valence-corrected chi connectivity index (χ4v) is 2.45. The van der Waals surface area contributed by atoms with Crippen LogP contribution in [0, 0.1) is 0 Å². The summed E-state index contributed by atoms with van der Waals surface area (Å²) in [6.07, 6.45) is 1.46. The molecule has 0 saturated heterocycles. The van der Waals surface area contributed by atoms with Crippen molar-refractivity contribution in [1.82, 2.24) is 25.9 Å². The van der Waals surface area contributed by atoms with Crippen molar-refractivity contribution in [1.29, 1.82) is 0 Å². The van der Waals surface area contributed by atoms with E-state index in [4.69, 9.17) is 16.6 Å². The fourth-order valence-electron chi connectivity index (χ4n) is 2.45. The van der Waals surface area contributed by atoms with E-state index in [1.54, 1.807) is 0 Å². The van der Waals surface area contributed by atoms with Crippen LogP contribution in [-0.4, -0.2) is 80.4 Å². The lowest BCUT2D eigenvalue weighted by molar-refractivity contribution is -0.142. The largest absolute Gasteiger partial charge is 0.481 e. The van der Waals surface area contributed by atoms with Gasteiger partial charge in [0.2, 0.25) is 23.6 Å². The normalized spacial score (nSPS) is 13.3. The maximum Gasteiger partial charge on any atom is 0.326 e. The van der Waals surface area contributed by atoms with Crippen LogP contribution in [0.25, 0.3) is 0 Å². The summed E-state index contributed by atoms with van der Waals surface area (Å²) in [5.41, 5.74) is 11.1. The molecule has 10 N–H and O–H groups in total. The summed E-state index contributed by atoms with van der Waals surface area (Å²) >= 11 is 0. The third kappa shape index (κ3) is 9.66. The Morgan fingerprint density at radius 3 is 2.28 bits per heavy atom. The third-order valence-electron chi connectivity index (χ3n) is 4.08. The van der Waals surface area contributed by atoms with Gasteiger partial charge in [-0.2, -0.15) is 0 Å². The van der Waals surface area contributed by atoms with Crippen molar-refractivity contribution in [3.05, 3.63) is 18.2 Å². The van der Waals surface area contributed by atoms with Crippen LogP contribution in [0.1, 0.15) is 25.0 Å². The number of primary amides is 1. The van der Waals surface area contributed by atoms with Gasteiger partial charge in [-0.15, -0.1) is 0 Å². The Kier molecular flexibility index (Phi) is 10.3. The lowest BCUT2D eigenvalue weighted by Gasteiger charge is -2.20. The number of carbonyl (C=O) groups is 6. The van der Waals surface area contributed by atoms with Gasteiger partial charge >= 0.3 is 11.9 Å². The van der Waals surface area contributed by atoms with Crippen LogP contribution in [0.5, 0.6) is 0 Å². The average molecular weight is 455 g/mol. The molecular weight excluding hydrogens is 430 g/mol. The summed E-state index contributed by atoms with van der Waals surface area (Å²) in [5.74, 6) is -6.08. The zero-order chi connectivity index (χ0) is 24.3. The molecule has 0 aromatic carbocycles. The van der Waals surface area contributed by atoms with Crippen molar-refractivity contribution in [3.63, 3.8) is 0 Å². The number of amides is 4. The van der Waals surface area contributed by atoms with Gasteiger partial charge in [0.1, 0.15) is 12.1 Å². The van der Waals surface area contributed by atoms with Crippen LogP contribution in [0.3, 0.4) is 0 Å². The highest BCUT2D eigenvalue weighted by molar-refractivity contribution is 5.95. The van der Waals surface area contributed by atoms with E-state index in [1.807, 2.05) is 0 Å². The molecule has 0 fully saturated rings. The smallest absolute Gasteiger partial charge is 0.326 e. The molecule has 0 saturated carbocycles. The minimum Gasteiger partial charge on any atom is -0.481 e. The Morgan fingerprint density at radius 1 is 1.06 bits per heavy atom. The van der Waals surface area contributed by atoms with E-state index in [2.05, 4.69) is 25.9 Å². The summed E-state index contributed by atoms with van der Waals surface area (Å²) in [5, 5.41) is 24.4. The molecule has 1 aromatic heterocycles. The molecule has 176 valence electrons. The van der Waals surface area contributed by atoms with Crippen LogP contribution < -0.4 is 27.4 Å². The Hall–Kier alpha value is -4.01. The first-order chi connectivity index (χ1) is 15.0. The number of aromatic nitrogens is 2. The molecule has 0 aliphatic carbocycles. The summed E-state index contributed by atoms with van der Waals surface area (Å²) in [4.78, 5) is 76.0. The second-order valence-electron chi connectivity index (χ2n) is 6.73. The highest BCUT2D eigenvalue weighted by Crippen LogP contribution is 2.00. The summed E-state index contributed by atoms with van der Waals surface area (Å²) < 4.78 is 0. The first-order valence-corrected chi connectivity index (χ1v) is 9.32. The van der Waals surface area contributed by atoms with Crippen LogP contribution in [0.2, 0.25) is 0 Å². The third-order valence-corrected chi connectivity index (χ3v) is 4.08. The molecule has 32 heavy (non-hydrogen) atoms. The predicted octanol–water partition coefficient (Wildman–Crippen LogP) is -3.81. The minimum atomic E-state index is -1.47. The Morgan fingerprint density at radius 2 is 1.75 bits per heavy atom. The molecule has 3 atom stereocenters. The SMILES string of the molecule is NC(=O)CC(NC(=O)C(N)CCC(=O)O)C(=O)NCC(=O)NC(Cc1cnc[nH]1)C(=O)O. The number of imidazole rings is 1. The Bertz CT molecular complexity index is 842. The number of carboxylic acids is 2. The number of nitrogens with one attached hydrogen (secondary N) is 4. The second kappa shape index (κ2) is 12.6. The first-order valence-electron chi connectivity index (χ1n) is 9.32. The molecule has 1 heterocycles. The van der Waals surface area contributed by atoms with Crippen LogP contribution in [0.4, 0.5) is 0 Å². The van der Waals surface area contributed by atoms with Gasteiger partial charge in [0, 0.05) is 24.7 Å². The number of rotatable bonds is 14. The van der Waals surface area contributed by atoms with E-state index in [9.17, 15) is 33.9 Å². The molecule has 1 rings (SSSR count). The van der Waals surface area contributed by atoms with Gasteiger partial charge in [0.05, 0.1) is 25.3 Å². The van der Waals surface area contributed by atoms with Crippen LogP contribution in [-0.2, 0) is 35.2 Å². The lowest BCUT2D eigenvalue weighted by Crippen LogP contribution is -2.54. The maximum atomic E-state index is 12.3. The van der Waals surface area contributed by atoms with E-state index in [0.717, 1.165) is 0 Å². The van der Waals surface area contributed by atoms with Gasteiger partial charge in [-0.25, -0.2) is 9.78 Å². The van der Waals surface area contributed by atoms with Gasteiger partial charge in [-0.05, 0) is 6.42 Å². The minimum absolute atomic E-state index is 0.0798. The van der Waals surface area contributed by atoms with E-state index in [1.165, 1.54) is 12.5 Å². The zero-order valence-corrected chi connectivity index (χ0v) is 16.9. The number of aliphatic carboxylic acids is 2. The van der Waals surface area contributed by atoms with Crippen molar-refractivity contribution < 1.29 is 39.0 Å². The van der Waals surface area contributed by atoms with E-state index < -0.39 is 66.7 Å². The van der Waals surface area contributed by atoms with Gasteiger partial charge < -0.3 is 42.6 Å². The molecule has 0 spiro atoms. The lowest BCUT2D eigenvalue weighted by atomic mass is 10.1. The van der Waals surface area contributed by atoms with Gasteiger partial charge in [-0.3, -0.25) is 24.0 Å². The van der Waals surface area contributed by atoms with Crippen LogP contribution >= 0.6 is 0 Å². The van der Waals surface area contributed by atoms with Crippen molar-refractivity contribution in [3.8, 4) is 0 Å². The number of hydrogen-bond acceptors (Lipinski definition) is 8. The van der Waals surface area contributed by atoms with Gasteiger partial charge in [-0.1, -0.05) is 0 Å². The summed E-state index contributed by atoms with van der Waals surface area (Å²) in [6, 6.07) is -4.02. The van der Waals surface area contributed by atoms with Gasteiger partial charge in [0.25, 0.3) is 0 Å². The number of H-pyrrole nitrogens is 1. The molecule has 4 amide bonds. The van der Waals surface area contributed by atoms with Crippen LogP contribution in [0.15, 0.2) is 12.5 Å². The van der Waals surface area contributed by atoms with Crippen molar-refractivity contribution in [2.45, 2.75) is 43.8 Å². The standard InChI is InChI=1S/C17H25N7O8/c18-9(1-2-14(27)28)15(29)24-10(4-12(19)25)16(30)21-6-13(26)23-11(17(31)32)3-8-5-20-7-22-8/h5,7,9-11H,1-4,6,18H2,(H2,19,25)(H,20,22)(H,21,30)(H,23,26)(H,24,29)(H,27,28)(H,31,32). The topological polar surface area (TPSA) is 260 Å². The molecule has 0 radical (unpaired) electrons. The molecule has 0 bridgehead atoms. The molecule has 1 aromatic rings. The number of nitrogens with two attached hydrogens (primary N) is 2. The van der Waals surface area contributed by atoms with Crippen molar-refractivity contribution >= 4 is 35.6 Å². The van der Waals surface area contributed by atoms with E-state index in [0.29, 0.717) is 5.69 Å². The van der Waals surface area contributed by atoms with E-state index in [-0.39, 0.29) is 19.3 Å². The quantitative estimate of drug-likeness (QED) is 0.135. The number of hydrogen-bond donors (Lipinski definition) is 8. The molecule has 0 aliphatic rings. The molecule has 3 unspecified atom stereocenters. The summed E-state index contributed by atoms with van der Waals surface area (Å²) in [7, 11) is 0. The number of carbonyl (C=O) groups excluding carboxylic acids is 4.